The quantitative estimate of drug-likeness (QED) is 0.222. The van der Waals surface area contributed by atoms with Gasteiger partial charge in [0.1, 0.15) is 0 Å². The van der Waals surface area contributed by atoms with Crippen LogP contribution in [-0.2, 0) is 22.6 Å². The van der Waals surface area contributed by atoms with Gasteiger partial charge >= 0.3 is 6.18 Å². The fourth-order valence-electron chi connectivity index (χ4n) is 4.54. The van der Waals surface area contributed by atoms with Gasteiger partial charge in [-0.3, -0.25) is 0 Å². The van der Waals surface area contributed by atoms with Crippen molar-refractivity contribution in [3.05, 3.63) is 131 Å². The number of rotatable bonds is 6. The van der Waals surface area contributed by atoms with E-state index in [0.717, 1.165) is 23.3 Å². The van der Waals surface area contributed by atoms with Crippen LogP contribution in [0, 0.1) is 6.92 Å². The molecule has 5 aromatic rings. The Morgan fingerprint density at radius 1 is 0.816 bits per heavy atom. The molecule has 0 aliphatic heterocycles. The van der Waals surface area contributed by atoms with E-state index in [1.54, 1.807) is 36.4 Å². The molecule has 1 aromatic heterocycles. The predicted molar refractivity (Wildman–Crippen MR) is 145 cm³/mol. The summed E-state index contributed by atoms with van der Waals surface area (Å²) in [6.07, 6.45) is -0.622. The fraction of sp³-hybridized carbons (Fsp3) is 0.0968. The molecular formula is C31H24F3NO2S. The van der Waals surface area contributed by atoms with Gasteiger partial charge in [0.05, 0.1) is 21.7 Å². The van der Waals surface area contributed by atoms with Crippen molar-refractivity contribution < 1.29 is 21.6 Å². The predicted octanol–water partition coefficient (Wildman–Crippen LogP) is 8.13. The first kappa shape index (κ1) is 25.5. The molecule has 0 saturated carbocycles. The van der Waals surface area contributed by atoms with E-state index in [1.807, 2.05) is 55.5 Å². The van der Waals surface area contributed by atoms with Gasteiger partial charge in [-0.1, -0.05) is 90.5 Å². The van der Waals surface area contributed by atoms with Crippen LogP contribution in [0.2, 0.25) is 0 Å². The van der Waals surface area contributed by atoms with Gasteiger partial charge in [0.15, 0.2) is 0 Å². The Morgan fingerprint density at radius 2 is 1.45 bits per heavy atom. The van der Waals surface area contributed by atoms with Gasteiger partial charge in [0.2, 0.25) is 0 Å². The minimum atomic E-state index is -4.57. The average Bonchev–Trinajstić information content (AvgIpc) is 3.24. The number of aromatic nitrogens is 1. The van der Waals surface area contributed by atoms with Gasteiger partial charge in [-0.2, -0.15) is 13.2 Å². The number of aryl methyl sites for hydroxylation is 1. The third-order valence-electron chi connectivity index (χ3n) is 6.40. The van der Waals surface area contributed by atoms with Crippen LogP contribution < -0.4 is 0 Å². The lowest BCUT2D eigenvalue weighted by atomic mass is 10.0. The third-order valence-corrected chi connectivity index (χ3v) is 8.12. The second kappa shape index (κ2) is 9.99. The molecule has 0 aliphatic carbocycles. The highest BCUT2D eigenvalue weighted by atomic mass is 32.2. The summed E-state index contributed by atoms with van der Waals surface area (Å²) in [6, 6.07) is 28.1. The number of halogens is 3. The van der Waals surface area contributed by atoms with Crippen LogP contribution in [0.4, 0.5) is 13.2 Å². The smallest absolute Gasteiger partial charge is 0.233 e. The maximum atomic E-state index is 14.1. The molecular weight excluding hydrogens is 507 g/mol. The number of fused-ring (bicyclic) bond motifs is 1. The van der Waals surface area contributed by atoms with E-state index in [-0.39, 0.29) is 22.2 Å². The number of alkyl halides is 3. The van der Waals surface area contributed by atoms with Crippen molar-refractivity contribution in [3.63, 3.8) is 0 Å². The summed E-state index contributed by atoms with van der Waals surface area (Å²) in [6.45, 7) is 1.85. The number of hydrogen-bond donors (Lipinski definition) is 0. The first-order chi connectivity index (χ1) is 18.2. The molecule has 4 aromatic carbocycles. The normalized spacial score (nSPS) is 12.4. The minimum absolute atomic E-state index is 0.0588. The zero-order chi connectivity index (χ0) is 26.9. The molecule has 7 heteroatoms. The van der Waals surface area contributed by atoms with Gasteiger partial charge in [-0.15, -0.1) is 0 Å². The van der Waals surface area contributed by atoms with E-state index < -0.39 is 21.8 Å². The molecule has 0 radical (unpaired) electrons. The summed E-state index contributed by atoms with van der Waals surface area (Å²) < 4.78 is 70.6. The van der Waals surface area contributed by atoms with E-state index in [2.05, 4.69) is 0 Å². The molecule has 0 amide bonds. The molecule has 0 bridgehead atoms. The Labute approximate surface area is 219 Å². The van der Waals surface area contributed by atoms with Crippen molar-refractivity contribution in [1.82, 2.24) is 3.97 Å². The van der Waals surface area contributed by atoms with Crippen molar-refractivity contribution in [2.24, 2.45) is 0 Å². The highest BCUT2D eigenvalue weighted by Gasteiger charge is 2.33. The maximum Gasteiger partial charge on any atom is 0.416 e. The molecule has 0 fully saturated rings. The summed E-state index contributed by atoms with van der Waals surface area (Å²) in [5, 5.41) is 0.243. The molecule has 0 spiro atoms. The fourth-order valence-corrected chi connectivity index (χ4v) is 6.10. The highest BCUT2D eigenvalue weighted by Crippen LogP contribution is 2.40. The van der Waals surface area contributed by atoms with Gasteiger partial charge in [0, 0.05) is 5.39 Å². The summed E-state index contributed by atoms with van der Waals surface area (Å²) in [5.41, 5.74) is 2.63. The number of allylic oxidation sites excluding steroid dienone is 1. The zero-order valence-electron chi connectivity index (χ0n) is 20.5. The average molecular weight is 532 g/mol. The summed E-state index contributed by atoms with van der Waals surface area (Å²) in [5.74, 6) is 0. The molecule has 1 heterocycles. The van der Waals surface area contributed by atoms with Crippen LogP contribution in [0.15, 0.2) is 114 Å². The second-order valence-electron chi connectivity index (χ2n) is 9.02. The van der Waals surface area contributed by atoms with Crippen molar-refractivity contribution in [3.8, 4) is 11.3 Å². The largest absolute Gasteiger partial charge is 0.416 e. The van der Waals surface area contributed by atoms with Crippen LogP contribution in [0.25, 0.3) is 28.2 Å². The van der Waals surface area contributed by atoms with Crippen molar-refractivity contribution in [2.45, 2.75) is 24.4 Å². The van der Waals surface area contributed by atoms with Crippen LogP contribution in [0.1, 0.15) is 22.3 Å². The van der Waals surface area contributed by atoms with E-state index in [1.165, 1.54) is 22.2 Å². The molecule has 0 N–H and O–H groups in total. The molecule has 3 nitrogen and oxygen atoms in total. The summed E-state index contributed by atoms with van der Waals surface area (Å²) in [4.78, 5) is 0.0588. The van der Waals surface area contributed by atoms with E-state index in [4.69, 9.17) is 0 Å². The molecule has 192 valence electrons. The van der Waals surface area contributed by atoms with Crippen LogP contribution in [0.5, 0.6) is 0 Å². The second-order valence-corrected chi connectivity index (χ2v) is 10.8. The monoisotopic (exact) mass is 531 g/mol. The van der Waals surface area contributed by atoms with Gasteiger partial charge < -0.3 is 0 Å². The lowest BCUT2D eigenvalue weighted by Crippen LogP contribution is -2.14. The minimum Gasteiger partial charge on any atom is -0.233 e. The number of benzene rings is 4. The standard InChI is InChI=1S/C31H24F3NO2S/c1-22-15-18-26(19-16-22)38(36,37)35-29-20-17-25(31(32,33)34)21-28(29)27(30(35)24-12-6-3-7-13-24)14-8-11-23-9-4-2-5-10-23/h2-13,15-21H,14H2,1H3/b11-8+. The first-order valence-electron chi connectivity index (χ1n) is 12.0. The van der Waals surface area contributed by atoms with Crippen molar-refractivity contribution in [1.29, 1.82) is 0 Å². The van der Waals surface area contributed by atoms with Crippen LogP contribution in [-0.4, -0.2) is 12.4 Å². The van der Waals surface area contributed by atoms with E-state index in [0.29, 0.717) is 16.8 Å². The van der Waals surface area contributed by atoms with Gasteiger partial charge in [-0.05, 0) is 60.4 Å². The molecule has 0 unspecified atom stereocenters. The van der Waals surface area contributed by atoms with Gasteiger partial charge in [0.25, 0.3) is 10.0 Å². The summed E-state index contributed by atoms with van der Waals surface area (Å²) >= 11 is 0. The third kappa shape index (κ3) is 4.89. The Hall–Kier alpha value is -4.10. The SMILES string of the molecule is Cc1ccc(S(=O)(=O)n2c(-c3ccccc3)c(C/C=C/c3ccccc3)c3cc(C(F)(F)F)ccc32)cc1. The highest BCUT2D eigenvalue weighted by molar-refractivity contribution is 7.90. The van der Waals surface area contributed by atoms with Crippen LogP contribution >= 0.6 is 0 Å². The van der Waals surface area contributed by atoms with Crippen molar-refractivity contribution >= 4 is 27.0 Å². The molecule has 5 rings (SSSR count). The molecule has 0 saturated heterocycles. The summed E-state index contributed by atoms with van der Waals surface area (Å²) in [7, 11) is -4.15. The Kier molecular flexibility index (Phi) is 6.71. The zero-order valence-corrected chi connectivity index (χ0v) is 21.3. The van der Waals surface area contributed by atoms with Crippen LogP contribution in [0.3, 0.4) is 0 Å². The lowest BCUT2D eigenvalue weighted by molar-refractivity contribution is -0.137. The first-order valence-corrected chi connectivity index (χ1v) is 13.4. The lowest BCUT2D eigenvalue weighted by Gasteiger charge is -2.14. The van der Waals surface area contributed by atoms with Crippen molar-refractivity contribution in [2.75, 3.05) is 0 Å². The molecule has 0 aliphatic rings. The topological polar surface area (TPSA) is 39.1 Å². The number of nitrogens with zero attached hydrogens (tertiary/aromatic N) is 1. The Balaban J connectivity index is 1.82. The Bertz CT molecular complexity index is 1720. The van der Waals surface area contributed by atoms with E-state index >= 15 is 0 Å². The number of hydrogen-bond acceptors (Lipinski definition) is 2. The molecule has 38 heavy (non-hydrogen) atoms. The molecule has 0 atom stereocenters. The Morgan fingerprint density at radius 3 is 2.08 bits per heavy atom. The van der Waals surface area contributed by atoms with Gasteiger partial charge in [-0.25, -0.2) is 12.4 Å². The maximum absolute atomic E-state index is 14.1. The van der Waals surface area contributed by atoms with E-state index in [9.17, 15) is 21.6 Å².